The van der Waals surface area contributed by atoms with Crippen LogP contribution in [0.25, 0.3) is 0 Å². The Labute approximate surface area is 110 Å². The Balaban J connectivity index is 2.51. The van der Waals surface area contributed by atoms with Gasteiger partial charge in [-0.2, -0.15) is 0 Å². The average Bonchev–Trinajstić information content (AvgIpc) is 2.45. The summed E-state index contributed by atoms with van der Waals surface area (Å²) in [6.07, 6.45) is -1.25. The topological polar surface area (TPSA) is 71.1 Å². The van der Waals surface area contributed by atoms with Crippen molar-refractivity contribution in [2.45, 2.75) is 12.7 Å². The minimum atomic E-state index is -1.25. The molecule has 6 nitrogen and oxygen atoms in total. The zero-order chi connectivity index (χ0) is 14.0. The third kappa shape index (κ3) is 2.15. The predicted octanol–water partition coefficient (Wildman–Crippen LogP) is 0.958. The SMILES string of the molecule is COC(=O)C1OCc2ccc(OC)c(OC)c2C1=O. The van der Waals surface area contributed by atoms with Crippen molar-refractivity contribution < 1.29 is 28.5 Å². The Morgan fingerprint density at radius 1 is 1.26 bits per heavy atom. The highest BCUT2D eigenvalue weighted by molar-refractivity contribution is 6.14. The summed E-state index contributed by atoms with van der Waals surface area (Å²) in [6, 6.07) is 3.40. The van der Waals surface area contributed by atoms with Crippen LogP contribution in [0.3, 0.4) is 0 Å². The number of ketones is 1. The molecule has 19 heavy (non-hydrogen) atoms. The van der Waals surface area contributed by atoms with Crippen molar-refractivity contribution in [2.24, 2.45) is 0 Å². The number of fused-ring (bicyclic) bond motifs is 1. The van der Waals surface area contributed by atoms with E-state index in [9.17, 15) is 9.59 Å². The second kappa shape index (κ2) is 5.27. The second-order valence-electron chi connectivity index (χ2n) is 3.91. The van der Waals surface area contributed by atoms with Gasteiger partial charge in [0.25, 0.3) is 0 Å². The highest BCUT2D eigenvalue weighted by Gasteiger charge is 2.37. The number of methoxy groups -OCH3 is 3. The van der Waals surface area contributed by atoms with E-state index in [1.54, 1.807) is 12.1 Å². The maximum atomic E-state index is 12.3. The first kappa shape index (κ1) is 13.4. The van der Waals surface area contributed by atoms with Crippen molar-refractivity contribution in [3.63, 3.8) is 0 Å². The molecule has 0 saturated heterocycles. The van der Waals surface area contributed by atoms with Crippen LogP contribution in [0.15, 0.2) is 12.1 Å². The Bertz CT molecular complexity index is 522. The zero-order valence-corrected chi connectivity index (χ0v) is 10.9. The molecule has 0 fully saturated rings. The molecule has 1 unspecified atom stereocenters. The van der Waals surface area contributed by atoms with Crippen LogP contribution < -0.4 is 9.47 Å². The van der Waals surface area contributed by atoms with Crippen molar-refractivity contribution in [2.75, 3.05) is 21.3 Å². The number of benzene rings is 1. The largest absolute Gasteiger partial charge is 0.493 e. The van der Waals surface area contributed by atoms with Crippen LogP contribution in [0.2, 0.25) is 0 Å². The van der Waals surface area contributed by atoms with Crippen LogP contribution >= 0.6 is 0 Å². The first-order chi connectivity index (χ1) is 9.13. The summed E-state index contributed by atoms with van der Waals surface area (Å²) >= 11 is 0. The molecular formula is C13H14O6. The van der Waals surface area contributed by atoms with E-state index in [0.29, 0.717) is 22.6 Å². The number of Topliss-reactive ketones (excluding diaryl/α,β-unsaturated/α-hetero) is 1. The monoisotopic (exact) mass is 266 g/mol. The van der Waals surface area contributed by atoms with Crippen molar-refractivity contribution in [1.82, 2.24) is 0 Å². The fraction of sp³-hybridized carbons (Fsp3) is 0.385. The number of esters is 1. The van der Waals surface area contributed by atoms with E-state index < -0.39 is 17.9 Å². The van der Waals surface area contributed by atoms with Crippen LogP contribution in [0.4, 0.5) is 0 Å². The van der Waals surface area contributed by atoms with Gasteiger partial charge in [-0.25, -0.2) is 4.79 Å². The standard InChI is InChI=1S/C13H14O6/c1-16-8-5-4-7-6-19-12(13(15)18-3)10(14)9(7)11(8)17-2/h4-5,12H,6H2,1-3H3. The van der Waals surface area contributed by atoms with Crippen LogP contribution in [0, 0.1) is 0 Å². The Morgan fingerprint density at radius 3 is 2.58 bits per heavy atom. The van der Waals surface area contributed by atoms with Gasteiger partial charge < -0.3 is 18.9 Å². The van der Waals surface area contributed by atoms with E-state index >= 15 is 0 Å². The van der Waals surface area contributed by atoms with Gasteiger partial charge >= 0.3 is 5.97 Å². The molecule has 6 heteroatoms. The molecule has 2 rings (SSSR count). The first-order valence-corrected chi connectivity index (χ1v) is 5.61. The summed E-state index contributed by atoms with van der Waals surface area (Å²) < 4.78 is 20.1. The highest BCUT2D eigenvalue weighted by atomic mass is 16.6. The summed E-state index contributed by atoms with van der Waals surface area (Å²) in [5.41, 5.74) is 0.964. The van der Waals surface area contributed by atoms with E-state index in [2.05, 4.69) is 4.74 Å². The maximum Gasteiger partial charge on any atom is 0.343 e. The lowest BCUT2D eigenvalue weighted by atomic mass is 9.96. The normalized spacial score (nSPS) is 17.6. The van der Waals surface area contributed by atoms with E-state index in [0.717, 1.165) is 0 Å². The number of hydrogen-bond acceptors (Lipinski definition) is 6. The fourth-order valence-electron chi connectivity index (χ4n) is 2.02. The molecule has 1 heterocycles. The van der Waals surface area contributed by atoms with E-state index in [1.165, 1.54) is 21.3 Å². The van der Waals surface area contributed by atoms with Crippen LogP contribution in [-0.2, 0) is 20.9 Å². The fourth-order valence-corrected chi connectivity index (χ4v) is 2.02. The molecule has 102 valence electrons. The summed E-state index contributed by atoms with van der Waals surface area (Å²) in [7, 11) is 4.12. The number of rotatable bonds is 3. The van der Waals surface area contributed by atoms with Crippen molar-refractivity contribution in [3.05, 3.63) is 23.3 Å². The predicted molar refractivity (Wildman–Crippen MR) is 64.5 cm³/mol. The van der Waals surface area contributed by atoms with Gasteiger partial charge in [0.15, 0.2) is 11.5 Å². The van der Waals surface area contributed by atoms with Crippen LogP contribution in [0.1, 0.15) is 15.9 Å². The van der Waals surface area contributed by atoms with Crippen molar-refractivity contribution in [1.29, 1.82) is 0 Å². The molecule has 1 aromatic carbocycles. The molecule has 1 aromatic rings. The molecule has 0 radical (unpaired) electrons. The van der Waals surface area contributed by atoms with Crippen LogP contribution in [-0.4, -0.2) is 39.2 Å². The molecular weight excluding hydrogens is 252 g/mol. The van der Waals surface area contributed by atoms with Gasteiger partial charge in [0.1, 0.15) is 0 Å². The van der Waals surface area contributed by atoms with Crippen LogP contribution in [0.5, 0.6) is 11.5 Å². The lowest BCUT2D eigenvalue weighted by Gasteiger charge is -2.24. The Hall–Kier alpha value is -2.08. The third-order valence-electron chi connectivity index (χ3n) is 2.94. The van der Waals surface area contributed by atoms with Gasteiger partial charge in [-0.15, -0.1) is 0 Å². The summed E-state index contributed by atoms with van der Waals surface area (Å²) in [6.45, 7) is 0.140. The summed E-state index contributed by atoms with van der Waals surface area (Å²) in [5, 5.41) is 0. The minimum Gasteiger partial charge on any atom is -0.493 e. The average molecular weight is 266 g/mol. The van der Waals surface area contributed by atoms with E-state index in [4.69, 9.17) is 14.2 Å². The Morgan fingerprint density at radius 2 is 2.00 bits per heavy atom. The highest BCUT2D eigenvalue weighted by Crippen LogP contribution is 2.37. The summed E-state index contributed by atoms with van der Waals surface area (Å²) in [5.74, 6) is -0.466. The lowest BCUT2D eigenvalue weighted by Crippen LogP contribution is -2.38. The molecule has 1 atom stereocenters. The van der Waals surface area contributed by atoms with Gasteiger partial charge in [-0.3, -0.25) is 4.79 Å². The number of carbonyl (C=O) groups excluding carboxylic acids is 2. The third-order valence-corrected chi connectivity index (χ3v) is 2.94. The van der Waals surface area contributed by atoms with Gasteiger partial charge in [0.05, 0.1) is 33.5 Å². The molecule has 0 bridgehead atoms. The molecule has 0 amide bonds. The molecule has 0 N–H and O–H groups in total. The van der Waals surface area contributed by atoms with Gasteiger partial charge in [0.2, 0.25) is 11.9 Å². The van der Waals surface area contributed by atoms with Crippen molar-refractivity contribution in [3.8, 4) is 11.5 Å². The number of carbonyl (C=O) groups is 2. The maximum absolute atomic E-state index is 12.3. The molecule has 0 spiro atoms. The van der Waals surface area contributed by atoms with Gasteiger partial charge in [-0.1, -0.05) is 6.07 Å². The smallest absolute Gasteiger partial charge is 0.343 e. The zero-order valence-electron chi connectivity index (χ0n) is 10.9. The molecule has 0 aliphatic carbocycles. The second-order valence-corrected chi connectivity index (χ2v) is 3.91. The van der Waals surface area contributed by atoms with Gasteiger partial charge in [0, 0.05) is 0 Å². The molecule has 0 saturated carbocycles. The minimum absolute atomic E-state index is 0.140. The number of ether oxygens (including phenoxy) is 4. The summed E-state index contributed by atoms with van der Waals surface area (Å²) in [4.78, 5) is 23.8. The molecule has 1 aliphatic rings. The molecule has 0 aromatic heterocycles. The molecule has 1 aliphatic heterocycles. The van der Waals surface area contributed by atoms with E-state index in [1.807, 2.05) is 0 Å². The van der Waals surface area contributed by atoms with E-state index in [-0.39, 0.29) is 6.61 Å². The first-order valence-electron chi connectivity index (χ1n) is 5.61. The lowest BCUT2D eigenvalue weighted by molar-refractivity contribution is -0.151. The van der Waals surface area contributed by atoms with Gasteiger partial charge in [-0.05, 0) is 11.6 Å². The quantitative estimate of drug-likeness (QED) is 0.599. The number of hydrogen-bond donors (Lipinski definition) is 0. The Kier molecular flexibility index (Phi) is 3.71. The van der Waals surface area contributed by atoms with Crippen molar-refractivity contribution >= 4 is 11.8 Å².